The Balaban J connectivity index is 2.89. The van der Waals surface area contributed by atoms with Gasteiger partial charge in [0, 0.05) is 6.54 Å². The summed E-state index contributed by atoms with van der Waals surface area (Å²) in [4.78, 5) is 23.8. The summed E-state index contributed by atoms with van der Waals surface area (Å²) < 4.78 is 42.6. The second-order valence-electron chi connectivity index (χ2n) is 5.92. The number of alkyl halides is 3. The molecule has 0 aliphatic carbocycles. The summed E-state index contributed by atoms with van der Waals surface area (Å²) in [5.74, 6) is -1.25. The van der Waals surface area contributed by atoms with Gasteiger partial charge in [-0.2, -0.15) is 13.2 Å². The molecule has 1 rings (SSSR count). The lowest BCUT2D eigenvalue weighted by atomic mass is 10.1. The number of amides is 1. The van der Waals surface area contributed by atoms with Crippen molar-refractivity contribution >= 4 is 12.1 Å². The van der Waals surface area contributed by atoms with Gasteiger partial charge in [0.05, 0.1) is 5.56 Å². The van der Waals surface area contributed by atoms with Crippen molar-refractivity contribution in [2.24, 2.45) is 0 Å². The lowest BCUT2D eigenvalue weighted by Crippen LogP contribution is -2.39. The molecule has 0 saturated heterocycles. The van der Waals surface area contributed by atoms with Crippen LogP contribution in [0.5, 0.6) is 0 Å². The van der Waals surface area contributed by atoms with Gasteiger partial charge in [-0.1, -0.05) is 12.1 Å². The van der Waals surface area contributed by atoms with Crippen molar-refractivity contribution in [2.45, 2.75) is 39.1 Å². The fourth-order valence-electron chi connectivity index (χ4n) is 1.69. The molecule has 0 atom stereocenters. The molecular formula is C15H18F3NO4. The average molecular weight is 333 g/mol. The second-order valence-corrected chi connectivity index (χ2v) is 5.92. The van der Waals surface area contributed by atoms with Gasteiger partial charge in [-0.15, -0.1) is 0 Å². The predicted octanol–water partition coefficient (Wildman–Crippen LogP) is 3.53. The number of carboxylic acid groups (broad SMARTS) is 1. The molecule has 0 aliphatic heterocycles. The number of carbonyl (C=O) groups excluding carboxylic acids is 1. The Morgan fingerprint density at radius 2 is 1.65 bits per heavy atom. The van der Waals surface area contributed by atoms with Crippen LogP contribution < -0.4 is 0 Å². The zero-order valence-electron chi connectivity index (χ0n) is 13.0. The van der Waals surface area contributed by atoms with Gasteiger partial charge < -0.3 is 9.84 Å². The molecule has 1 N–H and O–H groups in total. The van der Waals surface area contributed by atoms with Crippen LogP contribution in [0.1, 0.15) is 31.9 Å². The average Bonchev–Trinajstić information content (AvgIpc) is 2.35. The monoisotopic (exact) mass is 333 g/mol. The van der Waals surface area contributed by atoms with Gasteiger partial charge in [-0.05, 0) is 38.5 Å². The third-order valence-electron chi connectivity index (χ3n) is 2.63. The van der Waals surface area contributed by atoms with Crippen molar-refractivity contribution in [3.05, 3.63) is 35.4 Å². The minimum Gasteiger partial charge on any atom is -0.480 e. The van der Waals surface area contributed by atoms with Crippen LogP contribution in [0.25, 0.3) is 0 Å². The molecule has 0 heterocycles. The molecule has 0 bridgehead atoms. The standard InChI is InChI=1S/C15H18F3NO4/c1-14(2,3)23-13(22)19(9-12(20)21)8-10-4-6-11(7-5-10)15(16,17)18/h4-7H,8-9H2,1-3H3,(H,20,21). The van der Waals surface area contributed by atoms with E-state index in [-0.39, 0.29) is 6.54 Å². The highest BCUT2D eigenvalue weighted by Crippen LogP contribution is 2.29. The Labute approximate surface area is 131 Å². The molecule has 0 aromatic heterocycles. The fourth-order valence-corrected chi connectivity index (χ4v) is 1.69. The third kappa shape index (κ3) is 6.58. The van der Waals surface area contributed by atoms with Crippen LogP contribution in [-0.4, -0.2) is 34.2 Å². The van der Waals surface area contributed by atoms with Crippen LogP contribution in [0.2, 0.25) is 0 Å². The summed E-state index contributed by atoms with van der Waals surface area (Å²) in [7, 11) is 0. The van der Waals surface area contributed by atoms with Gasteiger partial charge in [0.2, 0.25) is 0 Å². The number of benzene rings is 1. The molecule has 0 radical (unpaired) electrons. The molecule has 0 unspecified atom stereocenters. The van der Waals surface area contributed by atoms with Crippen molar-refractivity contribution in [1.82, 2.24) is 4.90 Å². The molecule has 1 aromatic rings. The van der Waals surface area contributed by atoms with E-state index in [9.17, 15) is 22.8 Å². The van der Waals surface area contributed by atoms with Crippen LogP contribution >= 0.6 is 0 Å². The molecule has 23 heavy (non-hydrogen) atoms. The van der Waals surface area contributed by atoms with E-state index < -0.39 is 35.9 Å². The van der Waals surface area contributed by atoms with Gasteiger partial charge in [-0.25, -0.2) is 4.79 Å². The van der Waals surface area contributed by atoms with Crippen molar-refractivity contribution in [3.8, 4) is 0 Å². The molecule has 0 saturated carbocycles. The number of hydrogen-bond acceptors (Lipinski definition) is 3. The maximum absolute atomic E-state index is 12.5. The van der Waals surface area contributed by atoms with E-state index in [1.54, 1.807) is 20.8 Å². The van der Waals surface area contributed by atoms with Gasteiger partial charge in [-0.3, -0.25) is 9.69 Å². The molecule has 0 fully saturated rings. The van der Waals surface area contributed by atoms with E-state index >= 15 is 0 Å². The fraction of sp³-hybridized carbons (Fsp3) is 0.467. The topological polar surface area (TPSA) is 66.8 Å². The number of nitrogens with zero attached hydrogens (tertiary/aromatic N) is 1. The van der Waals surface area contributed by atoms with Gasteiger partial charge in [0.25, 0.3) is 0 Å². The van der Waals surface area contributed by atoms with Crippen LogP contribution in [0.3, 0.4) is 0 Å². The van der Waals surface area contributed by atoms with E-state index in [4.69, 9.17) is 9.84 Å². The highest BCUT2D eigenvalue weighted by Gasteiger charge is 2.30. The van der Waals surface area contributed by atoms with Gasteiger partial charge >= 0.3 is 18.2 Å². The lowest BCUT2D eigenvalue weighted by Gasteiger charge is -2.26. The highest BCUT2D eigenvalue weighted by molar-refractivity contribution is 5.76. The molecule has 0 aliphatic rings. The minimum atomic E-state index is -4.45. The molecule has 8 heteroatoms. The second kappa shape index (κ2) is 6.89. The normalized spacial score (nSPS) is 11.9. The van der Waals surface area contributed by atoms with Gasteiger partial charge in [0.1, 0.15) is 12.1 Å². The molecular weight excluding hydrogens is 315 g/mol. The molecule has 128 valence electrons. The maximum Gasteiger partial charge on any atom is 0.416 e. The van der Waals surface area contributed by atoms with E-state index in [0.717, 1.165) is 17.0 Å². The van der Waals surface area contributed by atoms with E-state index in [2.05, 4.69) is 0 Å². The Morgan fingerprint density at radius 3 is 2.04 bits per heavy atom. The summed E-state index contributed by atoms with van der Waals surface area (Å²) >= 11 is 0. The number of hydrogen-bond donors (Lipinski definition) is 1. The van der Waals surface area contributed by atoms with Crippen molar-refractivity contribution in [3.63, 3.8) is 0 Å². The Morgan fingerprint density at radius 1 is 1.13 bits per heavy atom. The number of rotatable bonds is 4. The maximum atomic E-state index is 12.5. The molecule has 1 aromatic carbocycles. The minimum absolute atomic E-state index is 0.167. The Bertz CT molecular complexity index is 562. The first-order chi connectivity index (χ1) is 10.4. The molecule has 1 amide bonds. The Hall–Kier alpha value is -2.25. The summed E-state index contributed by atoms with van der Waals surface area (Å²) in [6.45, 7) is 4.10. The summed E-state index contributed by atoms with van der Waals surface area (Å²) in [6.07, 6.45) is -5.30. The number of carboxylic acids is 1. The van der Waals surface area contributed by atoms with Crippen LogP contribution in [-0.2, 0) is 22.3 Å². The van der Waals surface area contributed by atoms with E-state index in [1.165, 1.54) is 12.1 Å². The summed E-state index contributed by atoms with van der Waals surface area (Å²) in [5.41, 5.74) is -1.26. The Kier molecular flexibility index (Phi) is 5.63. The smallest absolute Gasteiger partial charge is 0.416 e. The first-order valence-electron chi connectivity index (χ1n) is 6.74. The SMILES string of the molecule is CC(C)(C)OC(=O)N(CC(=O)O)Cc1ccc(C(F)(F)F)cc1. The van der Waals surface area contributed by atoms with E-state index in [0.29, 0.717) is 5.56 Å². The van der Waals surface area contributed by atoms with Gasteiger partial charge in [0.15, 0.2) is 0 Å². The van der Waals surface area contributed by atoms with Crippen LogP contribution in [0.4, 0.5) is 18.0 Å². The number of aliphatic carboxylic acids is 1. The third-order valence-corrected chi connectivity index (χ3v) is 2.63. The van der Waals surface area contributed by atoms with Crippen molar-refractivity contribution in [1.29, 1.82) is 0 Å². The zero-order valence-corrected chi connectivity index (χ0v) is 13.0. The first-order valence-corrected chi connectivity index (χ1v) is 6.74. The zero-order chi connectivity index (χ0) is 17.8. The van der Waals surface area contributed by atoms with Crippen molar-refractivity contribution < 1.29 is 32.6 Å². The van der Waals surface area contributed by atoms with E-state index in [1.807, 2.05) is 0 Å². The largest absolute Gasteiger partial charge is 0.480 e. The number of halogens is 3. The number of carbonyl (C=O) groups is 2. The van der Waals surface area contributed by atoms with Crippen LogP contribution in [0, 0.1) is 0 Å². The van der Waals surface area contributed by atoms with Crippen molar-refractivity contribution in [2.75, 3.05) is 6.54 Å². The lowest BCUT2D eigenvalue weighted by molar-refractivity contribution is -0.138. The number of ether oxygens (including phenoxy) is 1. The molecule has 5 nitrogen and oxygen atoms in total. The summed E-state index contributed by atoms with van der Waals surface area (Å²) in [5, 5.41) is 8.86. The molecule has 0 spiro atoms. The first kappa shape index (κ1) is 18.8. The summed E-state index contributed by atoms with van der Waals surface area (Å²) in [6, 6.07) is 4.15. The predicted molar refractivity (Wildman–Crippen MR) is 75.7 cm³/mol. The highest BCUT2D eigenvalue weighted by atomic mass is 19.4. The quantitative estimate of drug-likeness (QED) is 0.915. The van der Waals surface area contributed by atoms with Crippen LogP contribution in [0.15, 0.2) is 24.3 Å².